The Morgan fingerprint density at radius 1 is 0.257 bits per heavy atom. The first-order valence-electron chi connectivity index (χ1n) is 48.4. The van der Waals surface area contributed by atoms with Crippen molar-refractivity contribution in [3.63, 3.8) is 0 Å². The molecule has 0 aromatic rings. The minimum absolute atomic E-state index is 0.108. The van der Waals surface area contributed by atoms with Crippen LogP contribution < -0.4 is 0 Å². The van der Waals surface area contributed by atoms with E-state index in [0.29, 0.717) is 25.7 Å². The van der Waals surface area contributed by atoms with Gasteiger partial charge in [0.05, 0.1) is 26.4 Å². The van der Waals surface area contributed by atoms with Crippen LogP contribution in [-0.4, -0.2) is 96.7 Å². The third-order valence-corrected chi connectivity index (χ3v) is 24.8. The van der Waals surface area contributed by atoms with E-state index in [-0.39, 0.29) is 25.7 Å². The van der Waals surface area contributed by atoms with Crippen molar-refractivity contribution >= 4 is 39.5 Å². The normalized spacial score (nSPS) is 14.2. The summed E-state index contributed by atoms with van der Waals surface area (Å²) in [7, 11) is -9.94. The van der Waals surface area contributed by atoms with Crippen molar-refractivity contribution in [2.45, 2.75) is 523 Å². The van der Waals surface area contributed by atoms with Crippen LogP contribution in [0.2, 0.25) is 0 Å². The van der Waals surface area contributed by atoms with Crippen molar-refractivity contribution < 1.29 is 80.2 Å². The molecule has 113 heavy (non-hydrogen) atoms. The van der Waals surface area contributed by atoms with Gasteiger partial charge < -0.3 is 33.8 Å². The van der Waals surface area contributed by atoms with E-state index in [2.05, 4.69) is 48.5 Å². The summed E-state index contributed by atoms with van der Waals surface area (Å²) >= 11 is 0. The molecule has 0 aromatic carbocycles. The molecule has 19 heteroatoms. The molecule has 0 amide bonds. The number of rotatable bonds is 92. The average Bonchev–Trinajstić information content (AvgIpc) is 0.896. The highest BCUT2D eigenvalue weighted by atomic mass is 31.2. The molecule has 0 saturated heterocycles. The molecule has 0 rings (SSSR count). The van der Waals surface area contributed by atoms with Crippen LogP contribution in [0.5, 0.6) is 0 Å². The van der Waals surface area contributed by atoms with Crippen LogP contribution in [0, 0.1) is 17.8 Å². The van der Waals surface area contributed by atoms with Gasteiger partial charge in [-0.25, -0.2) is 9.13 Å². The van der Waals surface area contributed by atoms with Gasteiger partial charge in [-0.1, -0.05) is 453 Å². The van der Waals surface area contributed by atoms with Crippen LogP contribution >= 0.6 is 15.6 Å². The van der Waals surface area contributed by atoms with Crippen LogP contribution in [0.25, 0.3) is 0 Å². The van der Waals surface area contributed by atoms with Gasteiger partial charge in [0.25, 0.3) is 0 Å². The van der Waals surface area contributed by atoms with E-state index in [0.717, 1.165) is 114 Å². The summed E-state index contributed by atoms with van der Waals surface area (Å²) in [6.45, 7) is 12.1. The highest BCUT2D eigenvalue weighted by Gasteiger charge is 2.31. The van der Waals surface area contributed by atoms with Crippen molar-refractivity contribution in [3.05, 3.63) is 0 Å². The number of aliphatic hydroxyl groups is 1. The molecule has 0 fully saturated rings. The fourth-order valence-corrected chi connectivity index (χ4v) is 16.3. The highest BCUT2D eigenvalue weighted by Crippen LogP contribution is 2.45. The summed E-state index contributed by atoms with van der Waals surface area (Å²) in [6, 6.07) is 0. The molecule has 17 nitrogen and oxygen atoms in total. The molecular formula is C94H184O17P2. The van der Waals surface area contributed by atoms with Gasteiger partial charge in [-0.05, 0) is 43.4 Å². The number of phosphoric acid groups is 2. The minimum Gasteiger partial charge on any atom is -0.462 e. The van der Waals surface area contributed by atoms with Gasteiger partial charge >= 0.3 is 39.5 Å². The zero-order chi connectivity index (χ0) is 82.9. The van der Waals surface area contributed by atoms with E-state index >= 15 is 0 Å². The number of phosphoric ester groups is 2. The molecule has 0 aliphatic heterocycles. The lowest BCUT2D eigenvalue weighted by Gasteiger charge is -2.21. The van der Waals surface area contributed by atoms with E-state index in [1.807, 2.05) is 0 Å². The molecule has 672 valence electrons. The molecule has 0 aliphatic carbocycles. The molecule has 4 unspecified atom stereocenters. The van der Waals surface area contributed by atoms with Gasteiger partial charge in [-0.15, -0.1) is 0 Å². The van der Waals surface area contributed by atoms with Crippen molar-refractivity contribution in [3.8, 4) is 0 Å². The second-order valence-electron chi connectivity index (χ2n) is 34.7. The standard InChI is InChI=1S/C94H184O17P2/c1-8-11-12-13-14-15-16-17-18-19-20-21-29-34-39-44-49-54-64-71-78-94(99)111-90(82-105-92(97)76-69-62-57-56-60-67-74-87(7)10-3)84-109-113(102,103)107-80-88(95)79-106-112(100,101)108-83-89(81-104-91(96)75-68-61-53-48-43-38-33-28-24-22-26-31-36-41-46-51-58-65-72-85(4)5)110-93(98)77-70-63-55-50-45-40-35-30-25-23-27-32-37-42-47-52-59-66-73-86(6)9-2/h85-90,95H,8-84H2,1-7H3,(H,100,101)(H,102,103)/t86?,87?,88-,89-,90-/m1/s1. The topological polar surface area (TPSA) is 237 Å². The number of unbranched alkanes of at least 4 members (excludes halogenated alkanes) is 58. The van der Waals surface area contributed by atoms with Crippen molar-refractivity contribution in [1.82, 2.24) is 0 Å². The monoisotopic (exact) mass is 1650 g/mol. The molecule has 0 aromatic heterocycles. The summed E-state index contributed by atoms with van der Waals surface area (Å²) in [6.07, 6.45) is 78.0. The number of aliphatic hydroxyl groups excluding tert-OH is 1. The second-order valence-corrected chi connectivity index (χ2v) is 37.6. The average molecular weight is 1650 g/mol. The van der Waals surface area contributed by atoms with Gasteiger partial charge in [-0.3, -0.25) is 37.3 Å². The van der Waals surface area contributed by atoms with Crippen LogP contribution in [0.15, 0.2) is 0 Å². The summed E-state index contributed by atoms with van der Waals surface area (Å²) in [5, 5.41) is 10.7. The maximum absolute atomic E-state index is 13.2. The number of hydrogen-bond acceptors (Lipinski definition) is 15. The lowest BCUT2D eigenvalue weighted by molar-refractivity contribution is -0.161. The third-order valence-electron chi connectivity index (χ3n) is 22.9. The summed E-state index contributed by atoms with van der Waals surface area (Å²) in [5.41, 5.74) is 0. The van der Waals surface area contributed by atoms with Gasteiger partial charge in [0.2, 0.25) is 0 Å². The zero-order valence-electron chi connectivity index (χ0n) is 74.9. The third kappa shape index (κ3) is 84.9. The fraction of sp³-hybridized carbons (Fsp3) is 0.957. The Bertz CT molecular complexity index is 2170. The van der Waals surface area contributed by atoms with E-state index in [1.165, 1.54) is 308 Å². The molecule has 0 saturated carbocycles. The Kier molecular flexibility index (Phi) is 82.3. The van der Waals surface area contributed by atoms with Crippen molar-refractivity contribution in [2.75, 3.05) is 39.6 Å². The SMILES string of the molecule is CCCCCCCCCCCCCCCCCCCCCCC(=O)O[C@H](COC(=O)CCCCCCCCC(C)CC)COP(=O)(O)OC[C@H](O)COP(=O)(O)OC[C@@H](COC(=O)CCCCCCCCCCCCCCCCCCCCC(C)C)OC(=O)CCCCCCCCCCCCCCCCCCCCC(C)CC. The first kappa shape index (κ1) is 111. The molecule has 0 aliphatic rings. The first-order valence-corrected chi connectivity index (χ1v) is 51.4. The molecule has 3 N–H and O–H groups in total. The predicted molar refractivity (Wildman–Crippen MR) is 469 cm³/mol. The number of carbonyl (C=O) groups excluding carboxylic acids is 4. The van der Waals surface area contributed by atoms with Crippen molar-refractivity contribution in [2.24, 2.45) is 17.8 Å². The van der Waals surface area contributed by atoms with Crippen LogP contribution in [0.4, 0.5) is 0 Å². The van der Waals surface area contributed by atoms with Gasteiger partial charge in [0.1, 0.15) is 19.3 Å². The second kappa shape index (κ2) is 83.7. The van der Waals surface area contributed by atoms with E-state index in [4.69, 9.17) is 37.0 Å². The summed E-state index contributed by atoms with van der Waals surface area (Å²) in [4.78, 5) is 73.5. The Balaban J connectivity index is 5.21. The largest absolute Gasteiger partial charge is 0.472 e. The maximum atomic E-state index is 13.2. The van der Waals surface area contributed by atoms with Crippen LogP contribution in [0.3, 0.4) is 0 Å². The van der Waals surface area contributed by atoms with E-state index < -0.39 is 97.5 Å². The number of hydrogen-bond donors (Lipinski definition) is 3. The lowest BCUT2D eigenvalue weighted by Crippen LogP contribution is -2.30. The Hall–Kier alpha value is -1.94. The maximum Gasteiger partial charge on any atom is 0.472 e. The molecular weight excluding hydrogens is 1460 g/mol. The van der Waals surface area contributed by atoms with Crippen LogP contribution in [-0.2, 0) is 65.4 Å². The van der Waals surface area contributed by atoms with E-state index in [9.17, 15) is 43.2 Å². The first-order chi connectivity index (χ1) is 54.8. The Morgan fingerprint density at radius 2 is 0.451 bits per heavy atom. The number of ether oxygens (including phenoxy) is 4. The Morgan fingerprint density at radius 3 is 0.673 bits per heavy atom. The number of esters is 4. The molecule has 7 atom stereocenters. The quantitative estimate of drug-likeness (QED) is 0.0222. The van der Waals surface area contributed by atoms with Crippen LogP contribution in [0.1, 0.15) is 504 Å². The molecule has 0 spiro atoms. The molecule has 0 heterocycles. The van der Waals surface area contributed by atoms with Gasteiger partial charge in [-0.2, -0.15) is 0 Å². The molecule has 0 radical (unpaired) electrons. The zero-order valence-corrected chi connectivity index (χ0v) is 76.7. The molecule has 0 bridgehead atoms. The highest BCUT2D eigenvalue weighted by molar-refractivity contribution is 7.47. The fourth-order valence-electron chi connectivity index (χ4n) is 14.7. The van der Waals surface area contributed by atoms with Gasteiger partial charge in [0, 0.05) is 25.7 Å². The van der Waals surface area contributed by atoms with Crippen molar-refractivity contribution in [1.29, 1.82) is 0 Å². The summed E-state index contributed by atoms with van der Waals surface area (Å²) < 4.78 is 69.1. The Labute approximate surface area is 696 Å². The van der Waals surface area contributed by atoms with E-state index in [1.54, 1.807) is 0 Å². The predicted octanol–water partition coefficient (Wildman–Crippen LogP) is 29.2. The lowest BCUT2D eigenvalue weighted by atomic mass is 9.99. The minimum atomic E-state index is -4.97. The van der Waals surface area contributed by atoms with Gasteiger partial charge in [0.15, 0.2) is 12.2 Å². The number of carbonyl (C=O) groups is 4. The smallest absolute Gasteiger partial charge is 0.462 e. The summed E-state index contributed by atoms with van der Waals surface area (Å²) in [5.74, 6) is 0.328.